The van der Waals surface area contributed by atoms with Crippen LogP contribution in [0.25, 0.3) is 0 Å². The number of likely N-dealkylation sites (tertiary alicyclic amines) is 1. The Labute approximate surface area is 173 Å². The molecule has 1 aliphatic rings. The summed E-state index contributed by atoms with van der Waals surface area (Å²) in [5.41, 5.74) is 1.48. The second-order valence-electron chi connectivity index (χ2n) is 6.86. The van der Waals surface area contributed by atoms with E-state index in [1.54, 1.807) is 6.92 Å². The van der Waals surface area contributed by atoms with Crippen molar-refractivity contribution >= 4 is 27.5 Å². The maximum atomic E-state index is 12.5. The average Bonchev–Trinajstić information content (AvgIpc) is 2.63. The average molecular weight is 481 g/mol. The number of hydrogen-bond donors (Lipinski definition) is 1. The molecule has 26 heavy (non-hydrogen) atoms. The predicted octanol–water partition coefficient (Wildman–Crippen LogP) is -0.158. The number of nitrogens with one attached hydrogen (secondary N) is 1. The fourth-order valence-corrected chi connectivity index (χ4v) is 4.04. The molecule has 1 saturated heterocycles. The zero-order valence-corrected chi connectivity index (χ0v) is 18.0. The van der Waals surface area contributed by atoms with Crippen molar-refractivity contribution in [1.29, 1.82) is 0 Å². The van der Waals surface area contributed by atoms with E-state index in [4.69, 9.17) is 0 Å². The van der Waals surface area contributed by atoms with Gasteiger partial charge in [-0.05, 0) is 24.6 Å². The summed E-state index contributed by atoms with van der Waals surface area (Å²) in [5, 5.41) is 0. The fraction of sp³-hybridized carbons (Fsp3) is 0.333. The fourth-order valence-electron chi connectivity index (χ4n) is 3.77. The van der Waals surface area contributed by atoms with E-state index in [9.17, 15) is 9.59 Å². The molecule has 0 aliphatic carbocycles. The van der Waals surface area contributed by atoms with Crippen molar-refractivity contribution in [3.05, 3.63) is 70.2 Å². The molecule has 0 aromatic heterocycles. The zero-order valence-electron chi connectivity index (χ0n) is 14.8. The molecule has 2 aromatic rings. The van der Waals surface area contributed by atoms with E-state index < -0.39 is 0 Å². The number of rotatable bonds is 5. The summed E-state index contributed by atoms with van der Waals surface area (Å²) in [6, 6.07) is 17.6. The third-order valence-electron chi connectivity index (χ3n) is 5.39. The molecule has 0 saturated carbocycles. The van der Waals surface area contributed by atoms with Crippen molar-refractivity contribution < 1.29 is 31.5 Å². The van der Waals surface area contributed by atoms with Crippen LogP contribution in [0.2, 0.25) is 0 Å². The minimum atomic E-state index is -0.384. The van der Waals surface area contributed by atoms with Crippen molar-refractivity contribution in [1.82, 2.24) is 0 Å². The number of quaternary nitrogens is 1. The first-order chi connectivity index (χ1) is 12.0. The second-order valence-corrected chi connectivity index (χ2v) is 7.78. The number of halogens is 2. The number of ketones is 2. The van der Waals surface area contributed by atoms with Gasteiger partial charge in [0.05, 0.1) is 18.5 Å². The highest BCUT2D eigenvalue weighted by Crippen LogP contribution is 2.33. The van der Waals surface area contributed by atoms with E-state index in [2.05, 4.69) is 28.1 Å². The van der Waals surface area contributed by atoms with Gasteiger partial charge in [0.25, 0.3) is 0 Å². The highest BCUT2D eigenvalue weighted by molar-refractivity contribution is 9.10. The largest absolute Gasteiger partial charge is 1.00 e. The van der Waals surface area contributed by atoms with Gasteiger partial charge in [0.15, 0.2) is 0 Å². The van der Waals surface area contributed by atoms with Crippen LogP contribution in [0.1, 0.15) is 35.7 Å². The molecule has 1 N–H and O–H groups in total. The lowest BCUT2D eigenvalue weighted by Crippen LogP contribution is -3.14. The van der Waals surface area contributed by atoms with Gasteiger partial charge in [-0.15, -0.1) is 0 Å². The standard InChI is InChI=1S/C21H22BrNO2.BrH/c1-16(24)21(18-5-3-2-4-6-18)11-13-23(14-12-21)15-20(25)17-7-9-19(22)10-8-17;/h2-10H,11-15H2,1H3;1H. The Kier molecular flexibility index (Phi) is 7.33. The Balaban J connectivity index is 0.00000243. The first kappa shape index (κ1) is 21.0. The Morgan fingerprint density at radius 3 is 2.12 bits per heavy atom. The third kappa shape index (κ3) is 4.51. The lowest BCUT2D eigenvalue weighted by Gasteiger charge is -2.38. The zero-order chi connectivity index (χ0) is 17.9. The first-order valence-electron chi connectivity index (χ1n) is 8.70. The van der Waals surface area contributed by atoms with Gasteiger partial charge in [-0.25, -0.2) is 0 Å². The number of benzene rings is 2. The minimum Gasteiger partial charge on any atom is -1.00 e. The van der Waals surface area contributed by atoms with Crippen LogP contribution >= 0.6 is 15.9 Å². The molecule has 0 amide bonds. The van der Waals surface area contributed by atoms with E-state index in [0.717, 1.165) is 41.5 Å². The van der Waals surface area contributed by atoms with E-state index in [-0.39, 0.29) is 34.0 Å². The highest BCUT2D eigenvalue weighted by Gasteiger charge is 2.42. The molecule has 3 rings (SSSR count). The van der Waals surface area contributed by atoms with Crippen molar-refractivity contribution in [2.24, 2.45) is 0 Å². The molecule has 0 unspecified atom stereocenters. The van der Waals surface area contributed by atoms with Crippen molar-refractivity contribution in [2.45, 2.75) is 25.2 Å². The maximum Gasteiger partial charge on any atom is 0.216 e. The first-order valence-corrected chi connectivity index (χ1v) is 9.49. The number of Topliss-reactive ketones (excluding diaryl/α,β-unsaturated/α-hetero) is 2. The maximum absolute atomic E-state index is 12.5. The molecule has 0 atom stereocenters. The summed E-state index contributed by atoms with van der Waals surface area (Å²) in [6.45, 7) is 3.88. The highest BCUT2D eigenvalue weighted by atomic mass is 79.9. The van der Waals surface area contributed by atoms with Gasteiger partial charge in [0.1, 0.15) is 12.3 Å². The molecular formula is C21H23Br2NO2. The van der Waals surface area contributed by atoms with Gasteiger partial charge in [-0.1, -0.05) is 58.4 Å². The summed E-state index contributed by atoms with van der Waals surface area (Å²) >= 11 is 3.39. The molecule has 0 radical (unpaired) electrons. The number of hydrogen-bond acceptors (Lipinski definition) is 2. The molecule has 5 heteroatoms. The molecule has 0 spiro atoms. The molecular weight excluding hydrogens is 458 g/mol. The number of carbonyl (C=O) groups excluding carboxylic acids is 2. The molecule has 1 fully saturated rings. The summed E-state index contributed by atoms with van der Waals surface area (Å²) < 4.78 is 0.975. The molecule has 0 bridgehead atoms. The van der Waals surface area contributed by atoms with Crippen LogP contribution in [0.15, 0.2) is 59.1 Å². The monoisotopic (exact) mass is 479 g/mol. The normalized spacial score (nSPS) is 22.3. The van der Waals surface area contributed by atoms with Crippen LogP contribution in [-0.4, -0.2) is 31.2 Å². The smallest absolute Gasteiger partial charge is 0.216 e. The van der Waals surface area contributed by atoms with Crippen molar-refractivity contribution in [3.63, 3.8) is 0 Å². The minimum absolute atomic E-state index is 0. The summed E-state index contributed by atoms with van der Waals surface area (Å²) in [7, 11) is 0. The van der Waals surface area contributed by atoms with Crippen LogP contribution in [-0.2, 0) is 10.2 Å². The Bertz CT molecular complexity index is 751. The van der Waals surface area contributed by atoms with Crippen LogP contribution in [0.4, 0.5) is 0 Å². The summed E-state index contributed by atoms with van der Waals surface area (Å²) in [5.74, 6) is 0.398. The van der Waals surface area contributed by atoms with Gasteiger partial charge in [0.2, 0.25) is 5.78 Å². The van der Waals surface area contributed by atoms with Gasteiger partial charge in [0, 0.05) is 22.9 Å². The van der Waals surface area contributed by atoms with E-state index in [1.807, 2.05) is 42.5 Å². The van der Waals surface area contributed by atoms with Gasteiger partial charge in [-0.3, -0.25) is 9.59 Å². The van der Waals surface area contributed by atoms with Gasteiger partial charge < -0.3 is 21.9 Å². The summed E-state index contributed by atoms with van der Waals surface area (Å²) in [6.07, 6.45) is 1.60. The number of piperidine rings is 1. The van der Waals surface area contributed by atoms with Crippen LogP contribution in [0.5, 0.6) is 0 Å². The molecule has 1 aliphatic heterocycles. The Morgan fingerprint density at radius 1 is 1.00 bits per heavy atom. The number of carbonyl (C=O) groups is 2. The van der Waals surface area contributed by atoms with E-state index >= 15 is 0 Å². The molecule has 1 heterocycles. The quantitative estimate of drug-likeness (QED) is 0.604. The van der Waals surface area contributed by atoms with Crippen molar-refractivity contribution in [3.8, 4) is 0 Å². The van der Waals surface area contributed by atoms with E-state index in [1.165, 1.54) is 4.90 Å². The summed E-state index contributed by atoms with van der Waals surface area (Å²) in [4.78, 5) is 26.2. The van der Waals surface area contributed by atoms with Crippen LogP contribution < -0.4 is 21.9 Å². The van der Waals surface area contributed by atoms with Crippen molar-refractivity contribution in [2.75, 3.05) is 19.6 Å². The molecule has 3 nitrogen and oxygen atoms in total. The van der Waals surface area contributed by atoms with E-state index in [0.29, 0.717) is 6.54 Å². The third-order valence-corrected chi connectivity index (χ3v) is 5.92. The lowest BCUT2D eigenvalue weighted by molar-refractivity contribution is -0.897. The predicted molar refractivity (Wildman–Crippen MR) is 102 cm³/mol. The lowest BCUT2D eigenvalue weighted by atomic mass is 9.70. The molecule has 138 valence electrons. The SMILES string of the molecule is CC(=O)C1(c2ccccc2)CC[NH+](CC(=O)c2ccc(Br)cc2)CC1.[Br-]. The topological polar surface area (TPSA) is 38.6 Å². The molecule has 2 aromatic carbocycles. The van der Waals surface area contributed by atoms with Crippen LogP contribution in [0, 0.1) is 0 Å². The van der Waals surface area contributed by atoms with Crippen LogP contribution in [0.3, 0.4) is 0 Å². The van der Waals surface area contributed by atoms with Gasteiger partial charge in [-0.2, -0.15) is 0 Å². The Morgan fingerprint density at radius 2 is 1.58 bits per heavy atom. The van der Waals surface area contributed by atoms with Gasteiger partial charge >= 0.3 is 0 Å². The second kappa shape index (κ2) is 9.07. The Hall–Kier alpha value is -1.30.